The van der Waals surface area contributed by atoms with Crippen LogP contribution >= 0.6 is 11.8 Å². The van der Waals surface area contributed by atoms with Gasteiger partial charge in [-0.2, -0.15) is 4.99 Å². The summed E-state index contributed by atoms with van der Waals surface area (Å²) in [5.41, 5.74) is 4.34. The third-order valence-electron chi connectivity index (χ3n) is 4.02. The first-order valence-corrected chi connectivity index (χ1v) is 8.86. The second kappa shape index (κ2) is 7.15. The van der Waals surface area contributed by atoms with Gasteiger partial charge in [-0.05, 0) is 54.6 Å². The van der Waals surface area contributed by atoms with E-state index in [1.54, 1.807) is 0 Å². The van der Waals surface area contributed by atoms with Crippen molar-refractivity contribution in [3.8, 4) is 0 Å². The molecule has 1 aliphatic rings. The van der Waals surface area contributed by atoms with Gasteiger partial charge in [-0.25, -0.2) is 0 Å². The standard InChI is InChI=1S/C20H21N3OS/c1-14-5-9-17(10-6-14)23(4)20-21-19(24)18(25-20)13-15-7-11-16(12-8-15)22(2)3/h5-13H,1-4H3/b18-13+. The summed E-state index contributed by atoms with van der Waals surface area (Å²) in [7, 11) is 5.94. The molecule has 0 radical (unpaired) electrons. The normalized spacial score (nSPS) is 15.4. The number of carbonyl (C=O) groups is 1. The zero-order valence-electron chi connectivity index (χ0n) is 14.9. The van der Waals surface area contributed by atoms with Gasteiger partial charge < -0.3 is 9.80 Å². The van der Waals surface area contributed by atoms with Crippen molar-refractivity contribution in [1.82, 2.24) is 0 Å². The van der Waals surface area contributed by atoms with E-state index in [0.29, 0.717) is 10.1 Å². The summed E-state index contributed by atoms with van der Waals surface area (Å²) in [6, 6.07) is 16.3. The molecule has 0 unspecified atom stereocenters. The Morgan fingerprint density at radius 2 is 1.52 bits per heavy atom. The van der Waals surface area contributed by atoms with Crippen molar-refractivity contribution in [2.24, 2.45) is 4.99 Å². The maximum atomic E-state index is 12.2. The molecule has 0 spiro atoms. The number of amides is 1. The van der Waals surface area contributed by atoms with Crippen LogP contribution in [-0.2, 0) is 4.79 Å². The van der Waals surface area contributed by atoms with Crippen LogP contribution in [0.4, 0.5) is 11.4 Å². The molecule has 0 atom stereocenters. The highest BCUT2D eigenvalue weighted by molar-refractivity contribution is 8.18. The van der Waals surface area contributed by atoms with Crippen LogP contribution in [0.5, 0.6) is 0 Å². The number of nitrogens with zero attached hydrogens (tertiary/aromatic N) is 3. The number of thioether (sulfide) groups is 1. The smallest absolute Gasteiger partial charge is 0.286 e. The number of hydrogen-bond acceptors (Lipinski definition) is 4. The minimum absolute atomic E-state index is 0.185. The lowest BCUT2D eigenvalue weighted by Crippen LogP contribution is -2.21. The zero-order chi connectivity index (χ0) is 18.0. The van der Waals surface area contributed by atoms with E-state index in [1.807, 2.05) is 73.4 Å². The average molecular weight is 351 g/mol. The number of amidine groups is 1. The highest BCUT2D eigenvalue weighted by atomic mass is 32.2. The molecule has 4 nitrogen and oxygen atoms in total. The number of benzene rings is 2. The molecule has 0 aromatic heterocycles. The second-order valence-corrected chi connectivity index (χ2v) is 7.20. The number of hydrogen-bond donors (Lipinski definition) is 0. The van der Waals surface area contributed by atoms with Crippen molar-refractivity contribution in [3.63, 3.8) is 0 Å². The lowest BCUT2D eigenvalue weighted by atomic mass is 10.2. The van der Waals surface area contributed by atoms with Gasteiger partial charge in [-0.15, -0.1) is 0 Å². The summed E-state index contributed by atoms with van der Waals surface area (Å²) in [5, 5.41) is 0.699. The molecule has 0 bridgehead atoms. The van der Waals surface area contributed by atoms with E-state index in [2.05, 4.69) is 24.0 Å². The van der Waals surface area contributed by atoms with Crippen molar-refractivity contribution >= 4 is 40.3 Å². The molecule has 3 rings (SSSR count). The van der Waals surface area contributed by atoms with E-state index in [9.17, 15) is 4.79 Å². The summed E-state index contributed by atoms with van der Waals surface area (Å²) in [6.07, 6.45) is 1.89. The molecule has 128 valence electrons. The predicted octanol–water partition coefficient (Wildman–Crippen LogP) is 4.17. The van der Waals surface area contributed by atoms with Gasteiger partial charge in [0.2, 0.25) is 0 Å². The second-order valence-electron chi connectivity index (χ2n) is 6.19. The lowest BCUT2D eigenvalue weighted by molar-refractivity contribution is -0.113. The van der Waals surface area contributed by atoms with Crippen LogP contribution < -0.4 is 9.80 Å². The molecule has 0 N–H and O–H groups in total. The summed E-state index contributed by atoms with van der Waals surface area (Å²) in [5.74, 6) is -0.185. The summed E-state index contributed by atoms with van der Waals surface area (Å²) < 4.78 is 0. The van der Waals surface area contributed by atoms with Crippen LogP contribution in [0.15, 0.2) is 58.4 Å². The number of aryl methyl sites for hydroxylation is 1. The number of rotatable bonds is 3. The molecular formula is C20H21N3OS. The van der Waals surface area contributed by atoms with Crippen LogP contribution in [-0.4, -0.2) is 32.2 Å². The number of carbonyl (C=O) groups excluding carboxylic acids is 1. The van der Waals surface area contributed by atoms with Crippen molar-refractivity contribution in [1.29, 1.82) is 0 Å². The van der Waals surface area contributed by atoms with Crippen LogP contribution in [0.3, 0.4) is 0 Å². The molecule has 0 saturated heterocycles. The van der Waals surface area contributed by atoms with E-state index in [0.717, 1.165) is 16.9 Å². The molecule has 2 aromatic carbocycles. The highest BCUT2D eigenvalue weighted by Crippen LogP contribution is 2.32. The van der Waals surface area contributed by atoms with E-state index in [-0.39, 0.29) is 5.91 Å². The molecule has 25 heavy (non-hydrogen) atoms. The molecule has 5 heteroatoms. The number of anilines is 2. The Morgan fingerprint density at radius 1 is 0.920 bits per heavy atom. The summed E-state index contributed by atoms with van der Waals surface area (Å²) in [4.78, 5) is 21.1. The van der Waals surface area contributed by atoms with Gasteiger partial charge in [0.1, 0.15) is 0 Å². The van der Waals surface area contributed by atoms with Crippen molar-refractivity contribution < 1.29 is 4.79 Å². The van der Waals surface area contributed by atoms with Gasteiger partial charge in [0.05, 0.1) is 4.91 Å². The quantitative estimate of drug-likeness (QED) is 0.778. The van der Waals surface area contributed by atoms with E-state index < -0.39 is 0 Å². The molecule has 1 aliphatic heterocycles. The molecule has 1 heterocycles. The Hall–Kier alpha value is -2.53. The van der Waals surface area contributed by atoms with Crippen LogP contribution in [0.1, 0.15) is 11.1 Å². The van der Waals surface area contributed by atoms with E-state index in [4.69, 9.17) is 0 Å². The van der Waals surface area contributed by atoms with Crippen molar-refractivity contribution in [2.45, 2.75) is 6.92 Å². The van der Waals surface area contributed by atoms with Crippen LogP contribution in [0.25, 0.3) is 6.08 Å². The third kappa shape index (κ3) is 3.94. The first kappa shape index (κ1) is 17.3. The van der Waals surface area contributed by atoms with Gasteiger partial charge in [-0.1, -0.05) is 29.8 Å². The Morgan fingerprint density at radius 3 is 2.12 bits per heavy atom. The number of aliphatic imine (C=N–C) groups is 1. The fourth-order valence-electron chi connectivity index (χ4n) is 2.44. The van der Waals surface area contributed by atoms with Gasteiger partial charge in [0, 0.05) is 32.5 Å². The SMILES string of the molecule is Cc1ccc(N(C)C2=NC(=O)/C(=C\c3ccc(N(C)C)cc3)S2)cc1. The molecule has 0 aliphatic carbocycles. The maximum Gasteiger partial charge on any atom is 0.286 e. The Labute approximate surface area is 152 Å². The van der Waals surface area contributed by atoms with E-state index in [1.165, 1.54) is 17.3 Å². The first-order chi connectivity index (χ1) is 11.9. The zero-order valence-corrected chi connectivity index (χ0v) is 15.7. The van der Waals surface area contributed by atoms with Gasteiger partial charge in [0.15, 0.2) is 5.17 Å². The topological polar surface area (TPSA) is 35.9 Å². The van der Waals surface area contributed by atoms with Crippen molar-refractivity contribution in [3.05, 3.63) is 64.6 Å². The summed E-state index contributed by atoms with van der Waals surface area (Å²) in [6.45, 7) is 2.05. The summed E-state index contributed by atoms with van der Waals surface area (Å²) >= 11 is 1.41. The monoisotopic (exact) mass is 351 g/mol. The fraction of sp³-hybridized carbons (Fsp3) is 0.200. The Balaban J connectivity index is 1.76. The Kier molecular flexibility index (Phi) is 4.95. The van der Waals surface area contributed by atoms with Gasteiger partial charge in [-0.3, -0.25) is 4.79 Å². The van der Waals surface area contributed by atoms with Crippen molar-refractivity contribution in [2.75, 3.05) is 30.9 Å². The maximum absolute atomic E-state index is 12.2. The van der Waals surface area contributed by atoms with Gasteiger partial charge >= 0.3 is 0 Å². The Bertz CT molecular complexity index is 836. The highest BCUT2D eigenvalue weighted by Gasteiger charge is 2.25. The molecule has 0 fully saturated rings. The van der Waals surface area contributed by atoms with Gasteiger partial charge in [0.25, 0.3) is 5.91 Å². The molecule has 2 aromatic rings. The lowest BCUT2D eigenvalue weighted by Gasteiger charge is -2.17. The largest absolute Gasteiger partial charge is 0.378 e. The minimum Gasteiger partial charge on any atom is -0.378 e. The van der Waals surface area contributed by atoms with Crippen LogP contribution in [0.2, 0.25) is 0 Å². The predicted molar refractivity (Wildman–Crippen MR) is 108 cm³/mol. The molecular weight excluding hydrogens is 330 g/mol. The first-order valence-electron chi connectivity index (χ1n) is 8.04. The molecule has 0 saturated carbocycles. The minimum atomic E-state index is -0.185. The molecule has 1 amide bonds. The fourth-order valence-corrected chi connectivity index (χ4v) is 3.34. The van der Waals surface area contributed by atoms with E-state index >= 15 is 0 Å². The average Bonchev–Trinajstić information content (AvgIpc) is 2.96. The van der Waals surface area contributed by atoms with Crippen LogP contribution in [0, 0.1) is 6.92 Å². The third-order valence-corrected chi connectivity index (χ3v) is 5.08.